The fraction of sp³-hybridized carbons (Fsp3) is 0.619. The summed E-state index contributed by atoms with van der Waals surface area (Å²) < 4.78 is 5.13. The first-order valence-corrected chi connectivity index (χ1v) is 9.81. The van der Waals surface area contributed by atoms with Crippen LogP contribution in [0.1, 0.15) is 37.7 Å². The second kappa shape index (κ2) is 8.85. The van der Waals surface area contributed by atoms with Gasteiger partial charge in [0.2, 0.25) is 11.8 Å². The highest BCUT2D eigenvalue weighted by atomic mass is 16.5. The van der Waals surface area contributed by atoms with Gasteiger partial charge in [0, 0.05) is 39.0 Å². The number of carbonyl (C=O) groups excluding carboxylic acids is 2. The summed E-state index contributed by atoms with van der Waals surface area (Å²) in [6.07, 6.45) is 2.95. The van der Waals surface area contributed by atoms with Crippen molar-refractivity contribution in [2.45, 2.75) is 44.2 Å². The van der Waals surface area contributed by atoms with Crippen molar-refractivity contribution in [3.8, 4) is 0 Å². The Labute approximate surface area is 161 Å². The molecule has 1 aliphatic heterocycles. The minimum Gasteiger partial charge on any atom is -0.394 e. The molecule has 6 nitrogen and oxygen atoms in total. The summed E-state index contributed by atoms with van der Waals surface area (Å²) in [4.78, 5) is 28.7. The molecule has 0 spiro atoms. The maximum Gasteiger partial charge on any atom is 0.226 e. The van der Waals surface area contributed by atoms with Crippen molar-refractivity contribution in [2.24, 2.45) is 5.92 Å². The van der Waals surface area contributed by atoms with Gasteiger partial charge in [0.05, 0.1) is 25.3 Å². The Bertz CT molecular complexity index is 647. The molecule has 1 aliphatic carbocycles. The van der Waals surface area contributed by atoms with Gasteiger partial charge in [0.25, 0.3) is 0 Å². The molecule has 1 N–H and O–H groups in total. The van der Waals surface area contributed by atoms with Gasteiger partial charge in [-0.15, -0.1) is 0 Å². The van der Waals surface area contributed by atoms with Gasteiger partial charge >= 0.3 is 0 Å². The van der Waals surface area contributed by atoms with Crippen LogP contribution in [0.15, 0.2) is 30.3 Å². The van der Waals surface area contributed by atoms with Gasteiger partial charge < -0.3 is 19.6 Å². The Kier molecular flexibility index (Phi) is 6.50. The number of aliphatic hydroxyl groups excluding tert-OH is 1. The normalized spacial score (nSPS) is 24.9. The molecule has 0 radical (unpaired) electrons. The number of methoxy groups -OCH3 is 1. The van der Waals surface area contributed by atoms with Crippen LogP contribution in [0, 0.1) is 5.92 Å². The minimum atomic E-state index is -0.221. The molecule has 1 heterocycles. The number of amides is 2. The predicted molar refractivity (Wildman–Crippen MR) is 102 cm³/mol. The lowest BCUT2D eigenvalue weighted by atomic mass is 9.72. The molecule has 148 valence electrons. The van der Waals surface area contributed by atoms with Gasteiger partial charge in [-0.3, -0.25) is 9.59 Å². The van der Waals surface area contributed by atoms with E-state index in [0.717, 1.165) is 24.8 Å². The van der Waals surface area contributed by atoms with E-state index in [2.05, 4.69) is 0 Å². The van der Waals surface area contributed by atoms with E-state index in [0.29, 0.717) is 19.7 Å². The second-order valence-corrected chi connectivity index (χ2v) is 7.58. The third-order valence-electron chi connectivity index (χ3n) is 6.04. The van der Waals surface area contributed by atoms with Crippen LogP contribution in [0.5, 0.6) is 0 Å². The summed E-state index contributed by atoms with van der Waals surface area (Å²) in [6, 6.07) is 9.66. The van der Waals surface area contributed by atoms with E-state index in [4.69, 9.17) is 4.74 Å². The number of likely N-dealkylation sites (tertiary alicyclic amines) is 1. The molecule has 3 rings (SSSR count). The number of rotatable bonds is 8. The molecule has 2 aliphatic rings. The zero-order valence-electron chi connectivity index (χ0n) is 16.2. The van der Waals surface area contributed by atoms with Crippen LogP contribution in [-0.4, -0.2) is 72.2 Å². The molecule has 2 fully saturated rings. The minimum absolute atomic E-state index is 0.0256. The summed E-state index contributed by atoms with van der Waals surface area (Å²) in [5.74, 6) is 0.211. The molecule has 1 saturated heterocycles. The summed E-state index contributed by atoms with van der Waals surface area (Å²) >= 11 is 0. The zero-order chi connectivity index (χ0) is 19.4. The van der Waals surface area contributed by atoms with E-state index in [1.165, 1.54) is 0 Å². The van der Waals surface area contributed by atoms with Crippen molar-refractivity contribution in [1.82, 2.24) is 9.80 Å². The van der Waals surface area contributed by atoms with Crippen molar-refractivity contribution >= 4 is 11.8 Å². The monoisotopic (exact) mass is 374 g/mol. The molecule has 1 saturated carbocycles. The number of aliphatic hydroxyl groups is 1. The number of hydrogen-bond donors (Lipinski definition) is 1. The molecular weight excluding hydrogens is 344 g/mol. The van der Waals surface area contributed by atoms with E-state index in [1.807, 2.05) is 35.2 Å². The summed E-state index contributed by atoms with van der Waals surface area (Å²) in [6.45, 7) is 2.91. The zero-order valence-corrected chi connectivity index (χ0v) is 16.2. The van der Waals surface area contributed by atoms with Crippen LogP contribution in [0.4, 0.5) is 0 Å². The molecular formula is C21H30N2O4. The van der Waals surface area contributed by atoms with Crippen LogP contribution in [0.2, 0.25) is 0 Å². The third-order valence-corrected chi connectivity index (χ3v) is 6.04. The quantitative estimate of drug-likeness (QED) is 0.751. The van der Waals surface area contributed by atoms with Crippen molar-refractivity contribution in [3.05, 3.63) is 35.9 Å². The van der Waals surface area contributed by atoms with Crippen molar-refractivity contribution in [2.75, 3.05) is 33.4 Å². The van der Waals surface area contributed by atoms with Gasteiger partial charge in [0.15, 0.2) is 0 Å². The van der Waals surface area contributed by atoms with Crippen molar-refractivity contribution in [3.63, 3.8) is 0 Å². The Balaban J connectivity index is 1.84. The van der Waals surface area contributed by atoms with Gasteiger partial charge in [-0.2, -0.15) is 0 Å². The molecule has 1 aromatic rings. The summed E-state index contributed by atoms with van der Waals surface area (Å²) in [5.41, 5.74) is 1.11. The fourth-order valence-electron chi connectivity index (χ4n) is 4.27. The first-order valence-electron chi connectivity index (χ1n) is 9.81. The maximum absolute atomic E-state index is 13.0. The predicted octanol–water partition coefficient (Wildman–Crippen LogP) is 1.64. The van der Waals surface area contributed by atoms with Crippen LogP contribution < -0.4 is 0 Å². The standard InChI is InChI=1S/C21H30N2O4/c1-15(25)22(11-12-27-2)13-18-20(16-7-4-3-5-8-16)19(14-24)23(18)21(26)17-9-6-10-17/h3-5,7-8,17-20,24H,6,9-14H2,1-2H3/t18-,19-,20+/m0/s1. The highest BCUT2D eigenvalue weighted by Crippen LogP contribution is 2.43. The van der Waals surface area contributed by atoms with Crippen molar-refractivity contribution < 1.29 is 19.4 Å². The lowest BCUT2D eigenvalue weighted by Crippen LogP contribution is -2.70. The Morgan fingerprint density at radius 3 is 2.44 bits per heavy atom. The number of carbonyl (C=O) groups is 2. The number of benzene rings is 1. The van der Waals surface area contributed by atoms with Crippen LogP contribution in [0.25, 0.3) is 0 Å². The maximum atomic E-state index is 13.0. The summed E-state index contributed by atoms with van der Waals surface area (Å²) in [5, 5.41) is 10.0. The van der Waals surface area contributed by atoms with E-state index in [9.17, 15) is 14.7 Å². The third kappa shape index (κ3) is 4.01. The average Bonchev–Trinajstić information content (AvgIpc) is 2.59. The fourth-order valence-corrected chi connectivity index (χ4v) is 4.27. The molecule has 27 heavy (non-hydrogen) atoms. The topological polar surface area (TPSA) is 70.1 Å². The first-order chi connectivity index (χ1) is 13.1. The first kappa shape index (κ1) is 19.8. The van der Waals surface area contributed by atoms with Crippen LogP contribution in [-0.2, 0) is 14.3 Å². The van der Waals surface area contributed by atoms with E-state index in [1.54, 1.807) is 18.9 Å². The highest BCUT2D eigenvalue weighted by molar-refractivity contribution is 5.82. The van der Waals surface area contributed by atoms with Crippen LogP contribution >= 0.6 is 0 Å². The van der Waals surface area contributed by atoms with Gasteiger partial charge in [-0.05, 0) is 18.4 Å². The van der Waals surface area contributed by atoms with Crippen LogP contribution in [0.3, 0.4) is 0 Å². The molecule has 2 amide bonds. The Morgan fingerprint density at radius 2 is 1.93 bits per heavy atom. The number of hydrogen-bond acceptors (Lipinski definition) is 4. The number of nitrogens with zero attached hydrogens (tertiary/aromatic N) is 2. The van der Waals surface area contributed by atoms with E-state index in [-0.39, 0.29) is 42.3 Å². The smallest absolute Gasteiger partial charge is 0.226 e. The largest absolute Gasteiger partial charge is 0.394 e. The number of ether oxygens (including phenoxy) is 1. The molecule has 6 heteroatoms. The highest BCUT2D eigenvalue weighted by Gasteiger charge is 2.53. The van der Waals surface area contributed by atoms with Gasteiger partial charge in [-0.25, -0.2) is 0 Å². The molecule has 0 aromatic heterocycles. The van der Waals surface area contributed by atoms with Gasteiger partial charge in [0.1, 0.15) is 0 Å². The van der Waals surface area contributed by atoms with Gasteiger partial charge in [-0.1, -0.05) is 36.8 Å². The van der Waals surface area contributed by atoms with E-state index >= 15 is 0 Å². The SMILES string of the molecule is COCCN(C[C@H]1[C@@H](c2ccccc2)[C@H](CO)N1C(=O)C1CCC1)C(C)=O. The average molecular weight is 374 g/mol. The van der Waals surface area contributed by atoms with E-state index < -0.39 is 0 Å². The molecule has 0 unspecified atom stereocenters. The second-order valence-electron chi connectivity index (χ2n) is 7.58. The molecule has 1 aromatic carbocycles. The molecule has 3 atom stereocenters. The Hall–Kier alpha value is -1.92. The summed E-state index contributed by atoms with van der Waals surface area (Å²) in [7, 11) is 1.61. The van der Waals surface area contributed by atoms with Crippen molar-refractivity contribution in [1.29, 1.82) is 0 Å². The Morgan fingerprint density at radius 1 is 1.22 bits per heavy atom. The lowest BCUT2D eigenvalue weighted by Gasteiger charge is -2.57. The molecule has 0 bridgehead atoms. The lowest BCUT2D eigenvalue weighted by molar-refractivity contribution is -0.161.